The van der Waals surface area contributed by atoms with Crippen LogP contribution in [0.5, 0.6) is 5.75 Å². The lowest BCUT2D eigenvalue weighted by molar-refractivity contribution is 0.0949. The van der Waals surface area contributed by atoms with Gasteiger partial charge in [0, 0.05) is 12.6 Å². The SMILES string of the molecule is COc1cccc(C(=O)NCc2c(Cl)cnn2C)c1. The Kier molecular flexibility index (Phi) is 4.06. The van der Waals surface area contributed by atoms with Crippen molar-refractivity contribution in [1.82, 2.24) is 15.1 Å². The number of carbonyl (C=O) groups excluding carboxylic acids is 1. The summed E-state index contributed by atoms with van der Waals surface area (Å²) in [5.74, 6) is 0.461. The molecule has 100 valence electrons. The molecule has 19 heavy (non-hydrogen) atoms. The van der Waals surface area contributed by atoms with Crippen LogP contribution in [-0.4, -0.2) is 22.8 Å². The molecular formula is C13H14ClN3O2. The molecule has 0 bridgehead atoms. The smallest absolute Gasteiger partial charge is 0.251 e. The molecule has 0 aliphatic rings. The molecule has 0 atom stereocenters. The van der Waals surface area contributed by atoms with E-state index < -0.39 is 0 Å². The second kappa shape index (κ2) is 5.75. The van der Waals surface area contributed by atoms with Crippen LogP contribution in [0.15, 0.2) is 30.5 Å². The first-order valence-corrected chi connectivity index (χ1v) is 6.08. The Bertz CT molecular complexity index is 576. The van der Waals surface area contributed by atoms with E-state index in [1.807, 2.05) is 0 Å². The maximum Gasteiger partial charge on any atom is 0.251 e. The van der Waals surface area contributed by atoms with Gasteiger partial charge < -0.3 is 10.1 Å². The highest BCUT2D eigenvalue weighted by atomic mass is 35.5. The fraction of sp³-hybridized carbons (Fsp3) is 0.231. The minimum absolute atomic E-state index is 0.184. The Morgan fingerprint density at radius 1 is 1.53 bits per heavy atom. The fourth-order valence-corrected chi connectivity index (χ4v) is 1.90. The van der Waals surface area contributed by atoms with Crippen LogP contribution < -0.4 is 10.1 Å². The first-order chi connectivity index (χ1) is 9.11. The molecule has 2 rings (SSSR count). The first-order valence-electron chi connectivity index (χ1n) is 5.70. The second-order valence-corrected chi connectivity index (χ2v) is 4.38. The van der Waals surface area contributed by atoms with Gasteiger partial charge in [-0.15, -0.1) is 0 Å². The Morgan fingerprint density at radius 2 is 2.32 bits per heavy atom. The van der Waals surface area contributed by atoms with E-state index in [0.29, 0.717) is 22.9 Å². The monoisotopic (exact) mass is 279 g/mol. The molecule has 1 N–H and O–H groups in total. The highest BCUT2D eigenvalue weighted by Crippen LogP contribution is 2.15. The van der Waals surface area contributed by atoms with Crippen LogP contribution in [0.3, 0.4) is 0 Å². The van der Waals surface area contributed by atoms with E-state index >= 15 is 0 Å². The molecular weight excluding hydrogens is 266 g/mol. The van der Waals surface area contributed by atoms with Gasteiger partial charge in [-0.3, -0.25) is 9.48 Å². The van der Waals surface area contributed by atoms with Crippen LogP contribution in [0.1, 0.15) is 16.1 Å². The van der Waals surface area contributed by atoms with Crippen LogP contribution in [-0.2, 0) is 13.6 Å². The van der Waals surface area contributed by atoms with E-state index in [1.165, 1.54) is 0 Å². The van der Waals surface area contributed by atoms with Gasteiger partial charge in [-0.05, 0) is 18.2 Å². The van der Waals surface area contributed by atoms with E-state index in [-0.39, 0.29) is 5.91 Å². The van der Waals surface area contributed by atoms with Crippen LogP contribution in [0.25, 0.3) is 0 Å². The third-order valence-electron chi connectivity index (χ3n) is 2.76. The average molecular weight is 280 g/mol. The molecule has 0 aliphatic heterocycles. The molecule has 0 spiro atoms. The van der Waals surface area contributed by atoms with E-state index in [2.05, 4.69) is 10.4 Å². The molecule has 0 aliphatic carbocycles. The van der Waals surface area contributed by atoms with Crippen molar-refractivity contribution in [2.75, 3.05) is 7.11 Å². The van der Waals surface area contributed by atoms with Gasteiger partial charge >= 0.3 is 0 Å². The number of ether oxygens (including phenoxy) is 1. The molecule has 0 fully saturated rings. The Labute approximate surface area is 116 Å². The zero-order valence-electron chi connectivity index (χ0n) is 10.7. The number of hydrogen-bond acceptors (Lipinski definition) is 3. The summed E-state index contributed by atoms with van der Waals surface area (Å²) < 4.78 is 6.71. The van der Waals surface area contributed by atoms with Gasteiger partial charge in [0.1, 0.15) is 5.75 Å². The standard InChI is InChI=1S/C13H14ClN3O2/c1-17-12(11(14)7-16-17)8-15-13(18)9-4-3-5-10(6-9)19-2/h3-7H,8H2,1-2H3,(H,15,18). The number of methoxy groups -OCH3 is 1. The number of rotatable bonds is 4. The van der Waals surface area contributed by atoms with Gasteiger partial charge in [-0.2, -0.15) is 5.10 Å². The quantitative estimate of drug-likeness (QED) is 0.931. The lowest BCUT2D eigenvalue weighted by atomic mass is 10.2. The summed E-state index contributed by atoms with van der Waals surface area (Å²) in [7, 11) is 3.34. The van der Waals surface area contributed by atoms with Crippen LogP contribution >= 0.6 is 11.6 Å². The number of nitrogens with one attached hydrogen (secondary N) is 1. The second-order valence-electron chi connectivity index (χ2n) is 3.98. The molecule has 5 nitrogen and oxygen atoms in total. The molecule has 1 aromatic heterocycles. The number of aryl methyl sites for hydroxylation is 1. The van der Waals surface area contributed by atoms with Gasteiger partial charge in [-0.1, -0.05) is 17.7 Å². The lowest BCUT2D eigenvalue weighted by Gasteiger charge is -2.07. The number of halogens is 1. The summed E-state index contributed by atoms with van der Waals surface area (Å²) in [5.41, 5.74) is 1.30. The number of benzene rings is 1. The Balaban J connectivity index is 2.05. The average Bonchev–Trinajstić information content (AvgIpc) is 2.75. The molecule has 0 radical (unpaired) electrons. The zero-order chi connectivity index (χ0) is 13.8. The van der Waals surface area contributed by atoms with Crippen molar-refractivity contribution in [3.8, 4) is 5.75 Å². The minimum atomic E-state index is -0.184. The van der Waals surface area contributed by atoms with Gasteiger partial charge in [0.2, 0.25) is 0 Å². The molecule has 6 heteroatoms. The number of nitrogens with zero attached hydrogens (tertiary/aromatic N) is 2. The summed E-state index contributed by atoms with van der Waals surface area (Å²) in [6.45, 7) is 0.325. The molecule has 1 amide bonds. The maximum absolute atomic E-state index is 12.0. The number of hydrogen-bond donors (Lipinski definition) is 1. The molecule has 0 unspecified atom stereocenters. The lowest BCUT2D eigenvalue weighted by Crippen LogP contribution is -2.24. The van der Waals surface area contributed by atoms with Gasteiger partial charge in [-0.25, -0.2) is 0 Å². The Hall–Kier alpha value is -2.01. The summed E-state index contributed by atoms with van der Waals surface area (Å²) >= 11 is 5.97. The molecule has 1 heterocycles. The Morgan fingerprint density at radius 3 is 2.95 bits per heavy atom. The van der Waals surface area contributed by atoms with Crippen molar-refractivity contribution in [2.45, 2.75) is 6.54 Å². The molecule has 0 saturated heterocycles. The van der Waals surface area contributed by atoms with Crippen LogP contribution in [0.2, 0.25) is 5.02 Å². The van der Waals surface area contributed by atoms with E-state index in [1.54, 1.807) is 49.3 Å². The third kappa shape index (κ3) is 3.06. The van der Waals surface area contributed by atoms with Crippen molar-refractivity contribution in [3.05, 3.63) is 46.7 Å². The van der Waals surface area contributed by atoms with E-state index in [9.17, 15) is 4.79 Å². The largest absolute Gasteiger partial charge is 0.497 e. The van der Waals surface area contributed by atoms with Gasteiger partial charge in [0.15, 0.2) is 0 Å². The predicted octanol–water partition coefficient (Wildman–Crippen LogP) is 2.01. The minimum Gasteiger partial charge on any atom is -0.497 e. The normalized spacial score (nSPS) is 10.3. The zero-order valence-corrected chi connectivity index (χ0v) is 11.4. The van der Waals surface area contributed by atoms with Crippen molar-refractivity contribution < 1.29 is 9.53 Å². The van der Waals surface area contributed by atoms with Crippen LogP contribution in [0.4, 0.5) is 0 Å². The molecule has 0 saturated carbocycles. The fourth-order valence-electron chi connectivity index (χ4n) is 1.67. The van der Waals surface area contributed by atoms with E-state index in [4.69, 9.17) is 16.3 Å². The number of amides is 1. The number of carbonyl (C=O) groups is 1. The van der Waals surface area contributed by atoms with E-state index in [0.717, 1.165) is 5.69 Å². The van der Waals surface area contributed by atoms with Gasteiger partial charge in [0.05, 0.1) is 30.6 Å². The molecule has 1 aromatic carbocycles. The molecule has 2 aromatic rings. The summed E-state index contributed by atoms with van der Waals surface area (Å²) in [5, 5.41) is 7.34. The highest BCUT2D eigenvalue weighted by molar-refractivity contribution is 6.31. The highest BCUT2D eigenvalue weighted by Gasteiger charge is 2.10. The summed E-state index contributed by atoms with van der Waals surface area (Å²) in [6, 6.07) is 6.96. The van der Waals surface area contributed by atoms with Crippen LogP contribution in [0, 0.1) is 0 Å². The first kappa shape index (κ1) is 13.4. The van der Waals surface area contributed by atoms with Crippen molar-refractivity contribution in [1.29, 1.82) is 0 Å². The summed E-state index contributed by atoms with van der Waals surface area (Å²) in [4.78, 5) is 12.0. The van der Waals surface area contributed by atoms with Crippen molar-refractivity contribution >= 4 is 17.5 Å². The topological polar surface area (TPSA) is 56.1 Å². The third-order valence-corrected chi connectivity index (χ3v) is 3.07. The van der Waals surface area contributed by atoms with Gasteiger partial charge in [0.25, 0.3) is 5.91 Å². The summed E-state index contributed by atoms with van der Waals surface area (Å²) in [6.07, 6.45) is 1.55. The number of aromatic nitrogens is 2. The predicted molar refractivity (Wildman–Crippen MR) is 72.4 cm³/mol. The van der Waals surface area contributed by atoms with Crippen molar-refractivity contribution in [2.24, 2.45) is 7.05 Å². The van der Waals surface area contributed by atoms with Crippen molar-refractivity contribution in [3.63, 3.8) is 0 Å². The maximum atomic E-state index is 12.0.